The molecule has 0 aliphatic heterocycles. The van der Waals surface area contributed by atoms with Crippen LogP contribution in [0.15, 0.2) is 41.0 Å². The van der Waals surface area contributed by atoms with Crippen molar-refractivity contribution in [3.05, 3.63) is 53.5 Å². The van der Waals surface area contributed by atoms with Crippen molar-refractivity contribution in [2.45, 2.75) is 26.4 Å². The highest BCUT2D eigenvalue weighted by Crippen LogP contribution is 2.16. The third-order valence-electron chi connectivity index (χ3n) is 3.34. The van der Waals surface area contributed by atoms with Gasteiger partial charge in [-0.25, -0.2) is 4.79 Å². The van der Waals surface area contributed by atoms with Crippen LogP contribution < -0.4 is 10.6 Å². The molecule has 2 aromatic rings. The van der Waals surface area contributed by atoms with E-state index in [1.54, 1.807) is 12.1 Å². The summed E-state index contributed by atoms with van der Waals surface area (Å²) in [5, 5.41) is 15.3. The van der Waals surface area contributed by atoms with E-state index in [1.165, 1.54) is 11.8 Å². The van der Waals surface area contributed by atoms with E-state index in [-0.39, 0.29) is 6.03 Å². The van der Waals surface area contributed by atoms with Crippen LogP contribution >= 0.6 is 0 Å². The van der Waals surface area contributed by atoms with Crippen molar-refractivity contribution in [1.82, 2.24) is 5.32 Å². The van der Waals surface area contributed by atoms with E-state index in [9.17, 15) is 9.90 Å². The Labute approximate surface area is 124 Å². The lowest BCUT2D eigenvalue weighted by Crippen LogP contribution is -2.30. The molecule has 2 rings (SSSR count). The number of aliphatic hydroxyl groups excluding tert-OH is 1. The number of carbonyl (C=O) groups excluding carboxylic acids is 1. The summed E-state index contributed by atoms with van der Waals surface area (Å²) in [7, 11) is 0. The molecule has 0 spiro atoms. The van der Waals surface area contributed by atoms with Gasteiger partial charge in [0.2, 0.25) is 0 Å². The molecular weight excluding hydrogens is 268 g/mol. The monoisotopic (exact) mass is 288 g/mol. The van der Waals surface area contributed by atoms with E-state index in [4.69, 9.17) is 4.42 Å². The molecule has 0 radical (unpaired) electrons. The zero-order valence-electron chi connectivity index (χ0n) is 12.2. The minimum Gasteiger partial charge on any atom is -0.467 e. The van der Waals surface area contributed by atoms with E-state index >= 15 is 0 Å². The molecule has 0 bridgehead atoms. The Hall–Kier alpha value is -2.27. The zero-order valence-corrected chi connectivity index (χ0v) is 12.2. The maximum atomic E-state index is 11.7. The predicted molar refractivity (Wildman–Crippen MR) is 81.2 cm³/mol. The number of hydrogen-bond donors (Lipinski definition) is 3. The molecule has 1 aromatic heterocycles. The van der Waals surface area contributed by atoms with E-state index in [1.807, 2.05) is 32.0 Å². The summed E-state index contributed by atoms with van der Waals surface area (Å²) >= 11 is 0. The molecule has 1 atom stereocenters. The highest BCUT2D eigenvalue weighted by Gasteiger charge is 2.10. The zero-order chi connectivity index (χ0) is 15.2. The SMILES string of the molecule is Cc1ccc(NC(=O)NCC[C@H](O)c2ccco2)cc1C. The lowest BCUT2D eigenvalue weighted by atomic mass is 10.1. The first-order chi connectivity index (χ1) is 10.1. The predicted octanol–water partition coefficient (Wildman–Crippen LogP) is 3.14. The smallest absolute Gasteiger partial charge is 0.319 e. The number of aliphatic hydroxyl groups is 1. The number of anilines is 1. The Morgan fingerprint density at radius 3 is 2.76 bits per heavy atom. The fourth-order valence-electron chi connectivity index (χ4n) is 1.94. The second-order valence-corrected chi connectivity index (χ2v) is 5.00. The number of furan rings is 1. The number of amides is 2. The number of aryl methyl sites for hydroxylation is 2. The van der Waals surface area contributed by atoms with E-state index in [2.05, 4.69) is 10.6 Å². The number of benzene rings is 1. The van der Waals surface area contributed by atoms with Crippen molar-refractivity contribution in [1.29, 1.82) is 0 Å². The Kier molecular flexibility index (Phi) is 5.00. The summed E-state index contributed by atoms with van der Waals surface area (Å²) in [5.74, 6) is 0.506. The maximum absolute atomic E-state index is 11.7. The van der Waals surface area contributed by atoms with Gasteiger partial charge in [-0.3, -0.25) is 0 Å². The molecule has 0 aliphatic carbocycles. The standard InChI is InChI=1S/C16H20N2O3/c1-11-5-6-13(10-12(11)2)18-16(20)17-8-7-14(19)15-4-3-9-21-15/h3-6,9-10,14,19H,7-8H2,1-2H3,(H2,17,18,20)/t14-/m0/s1. The Balaban J connectivity index is 1.76. The van der Waals surface area contributed by atoms with Crippen LogP contribution in [0.2, 0.25) is 0 Å². The average Bonchev–Trinajstić information content (AvgIpc) is 2.97. The minimum absolute atomic E-state index is 0.287. The molecule has 2 amide bonds. The van der Waals surface area contributed by atoms with Crippen LogP contribution in [0, 0.1) is 13.8 Å². The summed E-state index contributed by atoms with van der Waals surface area (Å²) in [6.45, 7) is 4.38. The lowest BCUT2D eigenvalue weighted by molar-refractivity contribution is 0.140. The molecule has 112 valence electrons. The third kappa shape index (κ3) is 4.36. The first kappa shape index (κ1) is 15.1. The molecule has 0 saturated carbocycles. The molecule has 5 heteroatoms. The minimum atomic E-state index is -0.707. The van der Waals surface area contributed by atoms with Gasteiger partial charge in [-0.05, 0) is 55.7 Å². The van der Waals surface area contributed by atoms with Crippen LogP contribution in [0.4, 0.5) is 10.5 Å². The normalized spacial score (nSPS) is 12.0. The molecular formula is C16H20N2O3. The van der Waals surface area contributed by atoms with Gasteiger partial charge >= 0.3 is 6.03 Å². The van der Waals surface area contributed by atoms with Crippen molar-refractivity contribution in [3.8, 4) is 0 Å². The van der Waals surface area contributed by atoms with Gasteiger partial charge in [0, 0.05) is 12.2 Å². The van der Waals surface area contributed by atoms with Crippen LogP contribution in [0.1, 0.15) is 29.4 Å². The molecule has 1 aromatic carbocycles. The third-order valence-corrected chi connectivity index (χ3v) is 3.34. The van der Waals surface area contributed by atoms with Gasteiger partial charge in [0.05, 0.1) is 6.26 Å². The topological polar surface area (TPSA) is 74.5 Å². The van der Waals surface area contributed by atoms with Crippen molar-refractivity contribution in [2.24, 2.45) is 0 Å². The molecule has 5 nitrogen and oxygen atoms in total. The second kappa shape index (κ2) is 6.95. The molecule has 1 heterocycles. The van der Waals surface area contributed by atoms with Gasteiger partial charge in [-0.2, -0.15) is 0 Å². The van der Waals surface area contributed by atoms with Crippen LogP contribution in [0.5, 0.6) is 0 Å². The summed E-state index contributed by atoms with van der Waals surface area (Å²) in [4.78, 5) is 11.7. The first-order valence-corrected chi connectivity index (χ1v) is 6.90. The fourth-order valence-corrected chi connectivity index (χ4v) is 1.94. The Morgan fingerprint density at radius 1 is 1.29 bits per heavy atom. The van der Waals surface area contributed by atoms with E-state index in [0.717, 1.165) is 11.3 Å². The van der Waals surface area contributed by atoms with Gasteiger partial charge in [0.25, 0.3) is 0 Å². The van der Waals surface area contributed by atoms with Gasteiger partial charge in [-0.15, -0.1) is 0 Å². The van der Waals surface area contributed by atoms with Gasteiger partial charge in [0.1, 0.15) is 11.9 Å². The summed E-state index contributed by atoms with van der Waals surface area (Å²) in [6.07, 6.45) is 1.20. The summed E-state index contributed by atoms with van der Waals surface area (Å²) in [6, 6.07) is 8.89. The summed E-state index contributed by atoms with van der Waals surface area (Å²) < 4.78 is 5.09. The van der Waals surface area contributed by atoms with Crippen molar-refractivity contribution < 1.29 is 14.3 Å². The van der Waals surface area contributed by atoms with Gasteiger partial charge < -0.3 is 20.2 Å². The van der Waals surface area contributed by atoms with Crippen molar-refractivity contribution >= 4 is 11.7 Å². The van der Waals surface area contributed by atoms with E-state index < -0.39 is 6.10 Å². The molecule has 3 N–H and O–H groups in total. The molecule has 0 saturated heterocycles. The molecule has 21 heavy (non-hydrogen) atoms. The lowest BCUT2D eigenvalue weighted by Gasteiger charge is -2.11. The Morgan fingerprint density at radius 2 is 2.10 bits per heavy atom. The van der Waals surface area contributed by atoms with Gasteiger partial charge in [-0.1, -0.05) is 6.07 Å². The Bertz CT molecular complexity index is 594. The highest BCUT2D eigenvalue weighted by atomic mass is 16.4. The second-order valence-electron chi connectivity index (χ2n) is 5.00. The first-order valence-electron chi connectivity index (χ1n) is 6.90. The van der Waals surface area contributed by atoms with Crippen LogP contribution in [-0.4, -0.2) is 17.7 Å². The van der Waals surface area contributed by atoms with Crippen LogP contribution in [0.25, 0.3) is 0 Å². The summed E-state index contributed by atoms with van der Waals surface area (Å²) in [5.41, 5.74) is 3.06. The van der Waals surface area contributed by atoms with Crippen molar-refractivity contribution in [3.63, 3.8) is 0 Å². The fraction of sp³-hybridized carbons (Fsp3) is 0.312. The van der Waals surface area contributed by atoms with E-state index in [0.29, 0.717) is 18.7 Å². The van der Waals surface area contributed by atoms with Gasteiger partial charge in [0.15, 0.2) is 0 Å². The largest absolute Gasteiger partial charge is 0.467 e. The quantitative estimate of drug-likeness (QED) is 0.791. The number of urea groups is 1. The molecule has 0 unspecified atom stereocenters. The van der Waals surface area contributed by atoms with Crippen LogP contribution in [0.3, 0.4) is 0 Å². The molecule has 0 aliphatic rings. The maximum Gasteiger partial charge on any atom is 0.319 e. The number of carbonyl (C=O) groups is 1. The number of rotatable bonds is 5. The number of nitrogens with one attached hydrogen (secondary N) is 2. The molecule has 0 fully saturated rings. The number of hydrogen-bond acceptors (Lipinski definition) is 3. The highest BCUT2D eigenvalue weighted by molar-refractivity contribution is 5.89. The average molecular weight is 288 g/mol. The van der Waals surface area contributed by atoms with Crippen molar-refractivity contribution in [2.75, 3.05) is 11.9 Å². The van der Waals surface area contributed by atoms with Crippen LogP contribution in [-0.2, 0) is 0 Å².